The van der Waals surface area contributed by atoms with Crippen molar-refractivity contribution in [1.29, 1.82) is 0 Å². The predicted octanol–water partition coefficient (Wildman–Crippen LogP) is 1.22. The molecule has 0 saturated heterocycles. The molecule has 6 heteroatoms. The van der Waals surface area contributed by atoms with Crippen LogP contribution >= 0.6 is 11.8 Å². The Balaban J connectivity index is 1.84. The van der Waals surface area contributed by atoms with E-state index in [1.807, 2.05) is 6.07 Å². The van der Waals surface area contributed by atoms with Crippen molar-refractivity contribution in [3.8, 4) is 0 Å². The molecule has 2 rings (SSSR count). The number of aliphatic hydroxyl groups is 1. The lowest BCUT2D eigenvalue weighted by atomic mass is 10.1. The van der Waals surface area contributed by atoms with E-state index in [0.29, 0.717) is 0 Å². The highest BCUT2D eigenvalue weighted by atomic mass is 32.2. The van der Waals surface area contributed by atoms with E-state index >= 15 is 0 Å². The number of hydrogen-bond acceptors (Lipinski definition) is 4. The van der Waals surface area contributed by atoms with Gasteiger partial charge in [-0.05, 0) is 42.5 Å². The number of thioether (sulfide) groups is 1. The van der Waals surface area contributed by atoms with E-state index in [1.54, 1.807) is 0 Å². The van der Waals surface area contributed by atoms with Crippen molar-refractivity contribution < 1.29 is 19.8 Å². The molecule has 114 valence electrons. The number of carboxylic acids is 1. The first-order chi connectivity index (χ1) is 10.1. The van der Waals surface area contributed by atoms with Gasteiger partial charge in [-0.1, -0.05) is 6.07 Å². The number of aliphatic hydroxyl groups excluding tert-OH is 1. The molecule has 0 radical (unpaired) electrons. The summed E-state index contributed by atoms with van der Waals surface area (Å²) < 4.78 is 0. The minimum atomic E-state index is -1.13. The SMILES string of the molecule is O=C(CSc1ccc2c(c1)CCC2)N[C@@H](CCO)C(=O)O. The Morgan fingerprint density at radius 1 is 1.29 bits per heavy atom. The minimum absolute atomic E-state index is 0.0184. The van der Waals surface area contributed by atoms with Crippen LogP contribution in [0.1, 0.15) is 24.0 Å². The molecule has 1 amide bonds. The van der Waals surface area contributed by atoms with Gasteiger partial charge in [0.1, 0.15) is 6.04 Å². The number of benzene rings is 1. The Labute approximate surface area is 127 Å². The lowest BCUT2D eigenvalue weighted by molar-refractivity contribution is -0.141. The van der Waals surface area contributed by atoms with E-state index in [0.717, 1.165) is 17.7 Å². The van der Waals surface area contributed by atoms with E-state index in [2.05, 4.69) is 17.4 Å². The van der Waals surface area contributed by atoms with Crippen LogP contribution in [-0.2, 0) is 22.4 Å². The summed E-state index contributed by atoms with van der Waals surface area (Å²) in [6.07, 6.45) is 3.42. The predicted molar refractivity (Wildman–Crippen MR) is 80.5 cm³/mol. The van der Waals surface area contributed by atoms with Crippen LogP contribution in [0.25, 0.3) is 0 Å². The molecular weight excluding hydrogens is 290 g/mol. The molecule has 1 aliphatic carbocycles. The van der Waals surface area contributed by atoms with E-state index in [-0.39, 0.29) is 24.7 Å². The van der Waals surface area contributed by atoms with E-state index in [4.69, 9.17) is 10.2 Å². The summed E-state index contributed by atoms with van der Waals surface area (Å²) in [6, 6.07) is 5.20. The third-order valence-corrected chi connectivity index (χ3v) is 4.48. The number of amides is 1. The number of aliphatic carboxylic acids is 1. The highest BCUT2D eigenvalue weighted by Crippen LogP contribution is 2.27. The van der Waals surface area contributed by atoms with Crippen molar-refractivity contribution in [1.82, 2.24) is 5.32 Å². The van der Waals surface area contributed by atoms with Gasteiger partial charge >= 0.3 is 5.97 Å². The zero-order valence-corrected chi connectivity index (χ0v) is 12.5. The van der Waals surface area contributed by atoms with Crippen molar-refractivity contribution >= 4 is 23.6 Å². The number of rotatable bonds is 7. The van der Waals surface area contributed by atoms with Crippen molar-refractivity contribution in [3.05, 3.63) is 29.3 Å². The van der Waals surface area contributed by atoms with Crippen LogP contribution in [0.5, 0.6) is 0 Å². The van der Waals surface area contributed by atoms with Gasteiger partial charge in [0.25, 0.3) is 0 Å². The van der Waals surface area contributed by atoms with Gasteiger partial charge in [-0.25, -0.2) is 4.79 Å². The Kier molecular flexibility index (Phi) is 5.64. The second kappa shape index (κ2) is 7.47. The minimum Gasteiger partial charge on any atom is -0.480 e. The summed E-state index contributed by atoms with van der Waals surface area (Å²) in [7, 11) is 0. The van der Waals surface area contributed by atoms with Crippen LogP contribution in [-0.4, -0.2) is 40.5 Å². The summed E-state index contributed by atoms with van der Waals surface area (Å²) in [4.78, 5) is 23.7. The number of aryl methyl sites for hydroxylation is 2. The van der Waals surface area contributed by atoms with Gasteiger partial charge in [0, 0.05) is 17.9 Å². The third-order valence-electron chi connectivity index (χ3n) is 3.49. The molecule has 0 bridgehead atoms. The molecule has 0 aliphatic heterocycles. The zero-order valence-electron chi connectivity index (χ0n) is 11.7. The molecular formula is C15H19NO4S. The van der Waals surface area contributed by atoms with Gasteiger partial charge in [-0.2, -0.15) is 0 Å². The van der Waals surface area contributed by atoms with E-state index in [9.17, 15) is 9.59 Å². The maximum absolute atomic E-state index is 11.8. The number of carboxylic acid groups (broad SMARTS) is 1. The summed E-state index contributed by atoms with van der Waals surface area (Å²) in [5, 5.41) is 20.1. The molecule has 0 saturated carbocycles. The third kappa shape index (κ3) is 4.47. The Morgan fingerprint density at radius 2 is 2.05 bits per heavy atom. The monoisotopic (exact) mass is 309 g/mol. The molecule has 5 nitrogen and oxygen atoms in total. The number of nitrogens with one attached hydrogen (secondary N) is 1. The average molecular weight is 309 g/mol. The van der Waals surface area contributed by atoms with Crippen LogP contribution in [0, 0.1) is 0 Å². The number of hydrogen-bond donors (Lipinski definition) is 3. The molecule has 0 unspecified atom stereocenters. The summed E-state index contributed by atoms with van der Waals surface area (Å²) >= 11 is 1.40. The van der Waals surface area contributed by atoms with Crippen LogP contribution in [0.4, 0.5) is 0 Å². The molecule has 0 aromatic heterocycles. The second-order valence-electron chi connectivity index (χ2n) is 5.04. The Bertz CT molecular complexity index is 532. The highest BCUT2D eigenvalue weighted by Gasteiger charge is 2.19. The molecule has 21 heavy (non-hydrogen) atoms. The van der Waals surface area contributed by atoms with E-state index < -0.39 is 12.0 Å². The Hall–Kier alpha value is -1.53. The largest absolute Gasteiger partial charge is 0.480 e. The van der Waals surface area contributed by atoms with Crippen molar-refractivity contribution in [2.24, 2.45) is 0 Å². The first-order valence-electron chi connectivity index (χ1n) is 6.98. The van der Waals surface area contributed by atoms with Gasteiger partial charge in [-0.3, -0.25) is 4.79 Å². The normalized spacial score (nSPS) is 14.5. The summed E-state index contributed by atoms with van der Waals surface area (Å²) in [5.41, 5.74) is 2.74. The number of fused-ring (bicyclic) bond motifs is 1. The maximum atomic E-state index is 11.8. The van der Waals surface area contributed by atoms with Gasteiger partial charge in [0.2, 0.25) is 5.91 Å². The molecule has 1 aromatic rings. The zero-order chi connectivity index (χ0) is 15.2. The Morgan fingerprint density at radius 3 is 2.76 bits per heavy atom. The van der Waals surface area contributed by atoms with E-state index in [1.165, 1.54) is 29.3 Å². The molecule has 1 atom stereocenters. The number of carbonyl (C=O) groups is 2. The van der Waals surface area contributed by atoms with Gasteiger partial charge in [-0.15, -0.1) is 11.8 Å². The molecule has 0 spiro atoms. The lowest BCUT2D eigenvalue weighted by Crippen LogP contribution is -2.42. The fraction of sp³-hybridized carbons (Fsp3) is 0.467. The molecule has 1 aliphatic rings. The lowest BCUT2D eigenvalue weighted by Gasteiger charge is -2.13. The van der Waals surface area contributed by atoms with Gasteiger partial charge in [0.15, 0.2) is 0 Å². The van der Waals surface area contributed by atoms with Gasteiger partial charge in [0.05, 0.1) is 5.75 Å². The molecule has 0 fully saturated rings. The van der Waals surface area contributed by atoms with Crippen LogP contribution in [0.2, 0.25) is 0 Å². The maximum Gasteiger partial charge on any atom is 0.326 e. The topological polar surface area (TPSA) is 86.6 Å². The first kappa shape index (κ1) is 15.9. The van der Waals surface area contributed by atoms with Crippen LogP contribution in [0.3, 0.4) is 0 Å². The first-order valence-corrected chi connectivity index (χ1v) is 7.96. The smallest absolute Gasteiger partial charge is 0.326 e. The van der Waals surface area contributed by atoms with Crippen LogP contribution < -0.4 is 5.32 Å². The fourth-order valence-electron chi connectivity index (χ4n) is 2.41. The number of carbonyl (C=O) groups excluding carboxylic acids is 1. The van der Waals surface area contributed by atoms with Crippen molar-refractivity contribution in [2.45, 2.75) is 36.6 Å². The van der Waals surface area contributed by atoms with Crippen molar-refractivity contribution in [3.63, 3.8) is 0 Å². The molecule has 0 heterocycles. The van der Waals surface area contributed by atoms with Crippen molar-refractivity contribution in [2.75, 3.05) is 12.4 Å². The quantitative estimate of drug-likeness (QED) is 0.659. The highest BCUT2D eigenvalue weighted by molar-refractivity contribution is 8.00. The average Bonchev–Trinajstić information content (AvgIpc) is 2.92. The summed E-state index contributed by atoms with van der Waals surface area (Å²) in [6.45, 7) is -0.269. The molecule has 3 N–H and O–H groups in total. The fourth-order valence-corrected chi connectivity index (χ4v) is 3.18. The molecule has 1 aromatic carbocycles. The van der Waals surface area contributed by atoms with Crippen LogP contribution in [0.15, 0.2) is 23.1 Å². The van der Waals surface area contributed by atoms with Gasteiger partial charge < -0.3 is 15.5 Å². The second-order valence-corrected chi connectivity index (χ2v) is 6.09. The standard InChI is InChI=1S/C15H19NO4S/c17-7-6-13(15(19)20)16-14(18)9-21-12-5-4-10-2-1-3-11(10)8-12/h4-5,8,13,17H,1-3,6-7,9H2,(H,16,18)(H,19,20)/t13-/m0/s1. The summed E-state index contributed by atoms with van der Waals surface area (Å²) in [5.74, 6) is -1.28.